The molecule has 0 spiro atoms. The van der Waals surface area contributed by atoms with Crippen LogP contribution in [0.4, 0.5) is 0 Å². The predicted molar refractivity (Wildman–Crippen MR) is 66.6 cm³/mol. The molecule has 1 unspecified atom stereocenters. The smallest absolute Gasteiger partial charge is 0.313 e. The summed E-state index contributed by atoms with van der Waals surface area (Å²) >= 11 is 9.42. The molecular weight excluding hydrogens is 291 g/mol. The highest BCUT2D eigenvalue weighted by atomic mass is 79.9. The highest BCUT2D eigenvalue weighted by Gasteiger charge is 2.39. The molecule has 2 nitrogen and oxygen atoms in total. The minimum Gasteiger partial charge on any atom is -0.469 e. The van der Waals surface area contributed by atoms with Crippen LogP contribution in [0, 0.1) is 5.92 Å². The number of carbonyl (C=O) groups excluding carboxylic acids is 1. The Morgan fingerprint density at radius 3 is 2.81 bits per heavy atom. The summed E-state index contributed by atoms with van der Waals surface area (Å²) in [5.74, 6) is 0.0470. The quantitative estimate of drug-likeness (QED) is 0.795. The molecule has 0 N–H and O–H groups in total. The van der Waals surface area contributed by atoms with Crippen LogP contribution in [0.15, 0.2) is 22.7 Å². The van der Waals surface area contributed by atoms with Crippen LogP contribution in [0.25, 0.3) is 0 Å². The maximum absolute atomic E-state index is 11.8. The number of halogens is 2. The van der Waals surface area contributed by atoms with Crippen LogP contribution in [0.3, 0.4) is 0 Å². The third kappa shape index (κ3) is 2.41. The fraction of sp³-hybridized carbons (Fsp3) is 0.417. The van der Waals surface area contributed by atoms with Crippen molar-refractivity contribution in [3.8, 4) is 0 Å². The van der Waals surface area contributed by atoms with Crippen molar-refractivity contribution in [2.75, 3.05) is 7.11 Å². The Bertz CT molecular complexity index is 415. The molecule has 1 aromatic rings. The molecule has 0 saturated heterocycles. The zero-order valence-electron chi connectivity index (χ0n) is 8.87. The zero-order chi connectivity index (χ0) is 11.7. The van der Waals surface area contributed by atoms with Gasteiger partial charge in [-0.05, 0) is 42.5 Å². The van der Waals surface area contributed by atoms with E-state index in [9.17, 15) is 4.79 Å². The summed E-state index contributed by atoms with van der Waals surface area (Å²) in [4.78, 5) is 11.8. The van der Waals surface area contributed by atoms with Crippen molar-refractivity contribution < 1.29 is 9.53 Å². The summed E-state index contributed by atoms with van der Waals surface area (Å²) in [6.07, 6.45) is 2.16. The second kappa shape index (κ2) is 4.76. The second-order valence-corrected chi connectivity index (χ2v) is 5.29. The fourth-order valence-corrected chi connectivity index (χ4v) is 2.56. The second-order valence-electron chi connectivity index (χ2n) is 4.00. The number of carbonyl (C=O) groups is 1. The molecular formula is C12H12BrClO2. The first kappa shape index (κ1) is 11.9. The first-order valence-electron chi connectivity index (χ1n) is 5.16. The lowest BCUT2D eigenvalue weighted by Gasteiger charge is -2.16. The summed E-state index contributed by atoms with van der Waals surface area (Å²) in [5.41, 5.74) is 0.932. The van der Waals surface area contributed by atoms with Gasteiger partial charge in [0, 0.05) is 9.50 Å². The number of esters is 1. The fourth-order valence-electron chi connectivity index (χ4n) is 1.88. The molecule has 0 amide bonds. The number of rotatable bonds is 3. The summed E-state index contributed by atoms with van der Waals surface area (Å²) in [6, 6.07) is 5.51. The van der Waals surface area contributed by atoms with Gasteiger partial charge in [0.05, 0.1) is 13.0 Å². The Balaban J connectivity index is 2.37. The summed E-state index contributed by atoms with van der Waals surface area (Å²) in [6.45, 7) is 0. The van der Waals surface area contributed by atoms with Crippen LogP contribution in [-0.4, -0.2) is 13.1 Å². The van der Waals surface area contributed by atoms with Gasteiger partial charge in [-0.3, -0.25) is 4.79 Å². The number of methoxy groups -OCH3 is 1. The normalized spacial score (nSPS) is 16.9. The Morgan fingerprint density at radius 2 is 2.25 bits per heavy atom. The van der Waals surface area contributed by atoms with Crippen LogP contribution in [-0.2, 0) is 9.53 Å². The molecule has 4 heteroatoms. The van der Waals surface area contributed by atoms with E-state index in [0.717, 1.165) is 22.9 Å². The summed E-state index contributed by atoms with van der Waals surface area (Å²) in [7, 11) is 1.43. The van der Waals surface area contributed by atoms with Gasteiger partial charge in [-0.25, -0.2) is 0 Å². The summed E-state index contributed by atoms with van der Waals surface area (Å²) in [5, 5.41) is 0.646. The van der Waals surface area contributed by atoms with E-state index in [0.29, 0.717) is 10.9 Å². The molecule has 0 aliphatic heterocycles. The lowest BCUT2D eigenvalue weighted by atomic mass is 9.94. The van der Waals surface area contributed by atoms with E-state index in [1.54, 1.807) is 6.07 Å². The van der Waals surface area contributed by atoms with Gasteiger partial charge in [0.1, 0.15) is 0 Å². The van der Waals surface area contributed by atoms with Crippen molar-refractivity contribution in [2.24, 2.45) is 5.92 Å². The molecule has 1 saturated carbocycles. The van der Waals surface area contributed by atoms with Crippen LogP contribution in [0.5, 0.6) is 0 Å². The van der Waals surface area contributed by atoms with Crippen molar-refractivity contribution in [1.82, 2.24) is 0 Å². The van der Waals surface area contributed by atoms with E-state index in [-0.39, 0.29) is 11.9 Å². The molecule has 1 atom stereocenters. The highest BCUT2D eigenvalue weighted by Crippen LogP contribution is 2.45. The van der Waals surface area contributed by atoms with E-state index in [2.05, 4.69) is 15.9 Å². The SMILES string of the molecule is COC(=O)C(c1cc(Cl)ccc1Br)C1CC1. The predicted octanol–water partition coefficient (Wildman–Crippen LogP) is 3.77. The minimum absolute atomic E-state index is 0.175. The topological polar surface area (TPSA) is 26.3 Å². The lowest BCUT2D eigenvalue weighted by molar-refractivity contribution is -0.143. The van der Waals surface area contributed by atoms with E-state index in [1.165, 1.54) is 7.11 Å². The highest BCUT2D eigenvalue weighted by molar-refractivity contribution is 9.10. The standard InChI is InChI=1S/C12H12BrClO2/c1-16-12(15)11(7-2-3-7)9-6-8(14)4-5-10(9)13/h4-7,11H,2-3H2,1H3. The van der Waals surface area contributed by atoms with Crippen LogP contribution in [0.2, 0.25) is 5.02 Å². The lowest BCUT2D eigenvalue weighted by Crippen LogP contribution is -2.16. The average Bonchev–Trinajstić information content (AvgIpc) is 3.07. The Morgan fingerprint density at radius 1 is 1.56 bits per heavy atom. The van der Waals surface area contributed by atoms with Crippen LogP contribution >= 0.6 is 27.5 Å². The number of ether oxygens (including phenoxy) is 1. The Kier molecular flexibility index (Phi) is 3.55. The van der Waals surface area contributed by atoms with Gasteiger partial charge in [0.2, 0.25) is 0 Å². The van der Waals surface area contributed by atoms with Crippen molar-refractivity contribution in [2.45, 2.75) is 18.8 Å². The zero-order valence-corrected chi connectivity index (χ0v) is 11.2. The third-order valence-corrected chi connectivity index (χ3v) is 3.80. The van der Waals surface area contributed by atoms with Gasteiger partial charge in [-0.2, -0.15) is 0 Å². The minimum atomic E-state index is -0.182. The molecule has 1 aliphatic rings. The first-order valence-corrected chi connectivity index (χ1v) is 6.33. The van der Waals surface area contributed by atoms with E-state index >= 15 is 0 Å². The van der Waals surface area contributed by atoms with E-state index in [1.807, 2.05) is 12.1 Å². The van der Waals surface area contributed by atoms with Crippen molar-refractivity contribution >= 4 is 33.5 Å². The molecule has 1 fully saturated rings. The molecule has 1 aromatic carbocycles. The maximum atomic E-state index is 11.8. The monoisotopic (exact) mass is 302 g/mol. The van der Waals surface area contributed by atoms with Crippen LogP contribution < -0.4 is 0 Å². The van der Waals surface area contributed by atoms with E-state index in [4.69, 9.17) is 16.3 Å². The van der Waals surface area contributed by atoms with Gasteiger partial charge >= 0.3 is 5.97 Å². The van der Waals surface area contributed by atoms with Gasteiger partial charge < -0.3 is 4.74 Å². The van der Waals surface area contributed by atoms with E-state index < -0.39 is 0 Å². The largest absolute Gasteiger partial charge is 0.469 e. The van der Waals surface area contributed by atoms with Crippen molar-refractivity contribution in [1.29, 1.82) is 0 Å². The summed E-state index contributed by atoms with van der Waals surface area (Å²) < 4.78 is 5.78. The first-order chi connectivity index (χ1) is 7.63. The maximum Gasteiger partial charge on any atom is 0.313 e. The molecule has 1 aliphatic carbocycles. The Hall–Kier alpha value is -0.540. The molecule has 0 bridgehead atoms. The van der Waals surface area contributed by atoms with Crippen molar-refractivity contribution in [3.05, 3.63) is 33.3 Å². The van der Waals surface area contributed by atoms with Gasteiger partial charge in [0.15, 0.2) is 0 Å². The Labute approximate surface area is 108 Å². The number of hydrogen-bond donors (Lipinski definition) is 0. The molecule has 0 aromatic heterocycles. The van der Waals surface area contributed by atoms with Gasteiger partial charge in [-0.1, -0.05) is 27.5 Å². The molecule has 86 valence electrons. The molecule has 2 rings (SSSR count). The van der Waals surface area contributed by atoms with Gasteiger partial charge in [0.25, 0.3) is 0 Å². The van der Waals surface area contributed by atoms with Gasteiger partial charge in [-0.15, -0.1) is 0 Å². The van der Waals surface area contributed by atoms with Crippen LogP contribution in [0.1, 0.15) is 24.3 Å². The molecule has 0 heterocycles. The molecule has 16 heavy (non-hydrogen) atoms. The third-order valence-electron chi connectivity index (χ3n) is 2.84. The number of benzene rings is 1. The van der Waals surface area contributed by atoms with Crippen molar-refractivity contribution in [3.63, 3.8) is 0 Å². The number of hydrogen-bond acceptors (Lipinski definition) is 2. The molecule has 0 radical (unpaired) electrons. The average molecular weight is 304 g/mol.